The number of nitrogens with two attached hydrogens (primary N) is 1. The van der Waals surface area contributed by atoms with Gasteiger partial charge in [0.2, 0.25) is 0 Å². The molecule has 2 aliphatic rings. The fourth-order valence-electron chi connectivity index (χ4n) is 2.34. The molecule has 3 nitrogen and oxygen atoms in total. The minimum Gasteiger partial charge on any atom is -0.374 e. The summed E-state index contributed by atoms with van der Waals surface area (Å²) in [5.41, 5.74) is 5.84. The monoisotopic (exact) mass is 184 g/mol. The first-order valence-electron chi connectivity index (χ1n) is 5.37. The third-order valence-electron chi connectivity index (χ3n) is 3.09. The maximum Gasteiger partial charge on any atom is 0.0706 e. The van der Waals surface area contributed by atoms with Crippen LogP contribution in [-0.2, 0) is 4.74 Å². The third kappa shape index (κ3) is 2.42. The molecule has 2 saturated heterocycles. The molecular formula is C10H20N2O. The van der Waals surface area contributed by atoms with Crippen molar-refractivity contribution in [2.45, 2.75) is 44.4 Å². The van der Waals surface area contributed by atoms with Crippen molar-refractivity contribution >= 4 is 0 Å². The molecular weight excluding hydrogens is 164 g/mol. The lowest BCUT2D eigenvalue weighted by molar-refractivity contribution is 0.0359. The highest BCUT2D eigenvalue weighted by Crippen LogP contribution is 2.21. The largest absolute Gasteiger partial charge is 0.374 e. The van der Waals surface area contributed by atoms with Crippen LogP contribution in [-0.4, -0.2) is 42.8 Å². The highest BCUT2D eigenvalue weighted by atomic mass is 16.5. The van der Waals surface area contributed by atoms with Gasteiger partial charge < -0.3 is 10.5 Å². The average Bonchev–Trinajstić information content (AvgIpc) is 2.62. The van der Waals surface area contributed by atoms with Crippen LogP contribution >= 0.6 is 0 Å². The van der Waals surface area contributed by atoms with Gasteiger partial charge in [0.1, 0.15) is 0 Å². The third-order valence-corrected chi connectivity index (χ3v) is 3.09. The molecule has 0 aromatic heterocycles. The van der Waals surface area contributed by atoms with Gasteiger partial charge in [-0.2, -0.15) is 0 Å². The molecule has 0 spiro atoms. The molecule has 2 fully saturated rings. The Labute approximate surface area is 80.2 Å². The summed E-state index contributed by atoms with van der Waals surface area (Å²) >= 11 is 0. The summed E-state index contributed by atoms with van der Waals surface area (Å²) in [4.78, 5) is 2.44. The van der Waals surface area contributed by atoms with Crippen molar-refractivity contribution in [3.05, 3.63) is 0 Å². The highest BCUT2D eigenvalue weighted by molar-refractivity contribution is 4.81. The second-order valence-corrected chi connectivity index (χ2v) is 4.45. The Morgan fingerprint density at radius 2 is 2.23 bits per heavy atom. The second kappa shape index (κ2) is 3.95. The van der Waals surface area contributed by atoms with Gasteiger partial charge in [-0.1, -0.05) is 0 Å². The molecule has 0 amide bonds. The molecule has 2 aliphatic heterocycles. The summed E-state index contributed by atoms with van der Waals surface area (Å²) < 4.78 is 5.78. The minimum absolute atomic E-state index is 0.402. The van der Waals surface area contributed by atoms with Gasteiger partial charge in [0.15, 0.2) is 0 Å². The van der Waals surface area contributed by atoms with E-state index in [2.05, 4.69) is 11.8 Å². The van der Waals surface area contributed by atoms with Gasteiger partial charge in [-0.25, -0.2) is 0 Å². The van der Waals surface area contributed by atoms with Gasteiger partial charge in [0.05, 0.1) is 12.2 Å². The molecule has 2 unspecified atom stereocenters. The Kier molecular flexibility index (Phi) is 2.86. The number of hydrogen-bond donors (Lipinski definition) is 1. The van der Waals surface area contributed by atoms with Crippen molar-refractivity contribution < 1.29 is 4.74 Å². The van der Waals surface area contributed by atoms with Gasteiger partial charge in [0, 0.05) is 19.1 Å². The summed E-state index contributed by atoms with van der Waals surface area (Å²) in [6.45, 7) is 5.48. The summed E-state index contributed by atoms with van der Waals surface area (Å²) in [6, 6.07) is 0.402. The van der Waals surface area contributed by atoms with Crippen LogP contribution in [0, 0.1) is 0 Å². The van der Waals surface area contributed by atoms with Crippen LogP contribution in [0.15, 0.2) is 0 Å². The summed E-state index contributed by atoms with van der Waals surface area (Å²) in [6.07, 6.45) is 4.56. The van der Waals surface area contributed by atoms with Crippen LogP contribution in [0.2, 0.25) is 0 Å². The Bertz CT molecular complexity index is 156. The van der Waals surface area contributed by atoms with Gasteiger partial charge in [-0.15, -0.1) is 0 Å². The molecule has 76 valence electrons. The van der Waals surface area contributed by atoms with E-state index >= 15 is 0 Å². The smallest absolute Gasteiger partial charge is 0.0706 e. The molecule has 0 radical (unpaired) electrons. The molecule has 3 atom stereocenters. The fourth-order valence-corrected chi connectivity index (χ4v) is 2.34. The molecule has 2 rings (SSSR count). The molecule has 0 bridgehead atoms. The molecule has 13 heavy (non-hydrogen) atoms. The van der Waals surface area contributed by atoms with E-state index in [-0.39, 0.29) is 0 Å². The zero-order chi connectivity index (χ0) is 9.26. The van der Waals surface area contributed by atoms with Crippen molar-refractivity contribution in [3.63, 3.8) is 0 Å². The second-order valence-electron chi connectivity index (χ2n) is 4.45. The van der Waals surface area contributed by atoms with Gasteiger partial charge in [-0.3, -0.25) is 4.90 Å². The molecule has 0 aromatic rings. The Morgan fingerprint density at radius 1 is 1.38 bits per heavy atom. The van der Waals surface area contributed by atoms with Gasteiger partial charge in [0.25, 0.3) is 0 Å². The topological polar surface area (TPSA) is 38.5 Å². The highest BCUT2D eigenvalue weighted by Gasteiger charge is 2.26. The van der Waals surface area contributed by atoms with Crippen molar-refractivity contribution in [1.82, 2.24) is 4.90 Å². The molecule has 2 heterocycles. The zero-order valence-corrected chi connectivity index (χ0v) is 8.41. The number of nitrogens with zero attached hydrogens (tertiary/aromatic N) is 1. The lowest BCUT2D eigenvalue weighted by atomic mass is 10.2. The van der Waals surface area contributed by atoms with Crippen molar-refractivity contribution in [2.75, 3.05) is 19.6 Å². The van der Waals surface area contributed by atoms with E-state index in [9.17, 15) is 0 Å². The molecule has 3 heteroatoms. The molecule has 0 saturated carbocycles. The maximum absolute atomic E-state index is 5.84. The zero-order valence-electron chi connectivity index (χ0n) is 8.41. The maximum atomic E-state index is 5.84. The number of hydrogen-bond acceptors (Lipinski definition) is 3. The molecule has 2 N–H and O–H groups in total. The number of ether oxygens (including phenoxy) is 1. The van der Waals surface area contributed by atoms with Crippen LogP contribution in [0.25, 0.3) is 0 Å². The average molecular weight is 184 g/mol. The van der Waals surface area contributed by atoms with Crippen molar-refractivity contribution in [1.29, 1.82) is 0 Å². The first-order chi connectivity index (χ1) is 6.24. The van der Waals surface area contributed by atoms with E-state index in [1.54, 1.807) is 0 Å². The van der Waals surface area contributed by atoms with E-state index in [1.165, 1.54) is 12.8 Å². The first kappa shape index (κ1) is 9.44. The predicted molar refractivity (Wildman–Crippen MR) is 52.6 cm³/mol. The molecule has 0 aliphatic carbocycles. The van der Waals surface area contributed by atoms with Crippen LogP contribution in [0.1, 0.15) is 26.2 Å². The van der Waals surface area contributed by atoms with E-state index in [4.69, 9.17) is 10.5 Å². The minimum atomic E-state index is 0.402. The van der Waals surface area contributed by atoms with Gasteiger partial charge in [-0.05, 0) is 32.7 Å². The summed E-state index contributed by atoms with van der Waals surface area (Å²) in [5.74, 6) is 0. The predicted octanol–water partition coefficient (Wildman–Crippen LogP) is 0.587. The first-order valence-corrected chi connectivity index (χ1v) is 5.37. The van der Waals surface area contributed by atoms with E-state index in [0.29, 0.717) is 18.2 Å². The fraction of sp³-hybridized carbons (Fsp3) is 1.00. The van der Waals surface area contributed by atoms with E-state index in [0.717, 1.165) is 26.1 Å². The lowest BCUT2D eigenvalue weighted by Crippen LogP contribution is -2.33. The normalized spacial score (nSPS) is 41.5. The summed E-state index contributed by atoms with van der Waals surface area (Å²) in [7, 11) is 0. The van der Waals surface area contributed by atoms with Crippen LogP contribution in [0.5, 0.6) is 0 Å². The Balaban J connectivity index is 1.72. The van der Waals surface area contributed by atoms with Crippen LogP contribution in [0.3, 0.4) is 0 Å². The lowest BCUT2D eigenvalue weighted by Gasteiger charge is -2.19. The quantitative estimate of drug-likeness (QED) is 0.682. The van der Waals surface area contributed by atoms with E-state index in [1.807, 2.05) is 0 Å². The Hall–Kier alpha value is -0.120. The van der Waals surface area contributed by atoms with E-state index < -0.39 is 0 Å². The number of likely N-dealkylation sites (tertiary alicyclic amines) is 1. The molecule has 0 aromatic carbocycles. The van der Waals surface area contributed by atoms with Crippen molar-refractivity contribution in [3.8, 4) is 0 Å². The van der Waals surface area contributed by atoms with Gasteiger partial charge >= 0.3 is 0 Å². The Morgan fingerprint density at radius 3 is 2.77 bits per heavy atom. The van der Waals surface area contributed by atoms with Crippen molar-refractivity contribution in [2.24, 2.45) is 5.73 Å². The number of rotatable bonds is 2. The van der Waals surface area contributed by atoms with Crippen LogP contribution in [0.4, 0.5) is 0 Å². The standard InChI is InChI=1S/C10H20N2O/c1-8-2-3-10(13-8)7-12-5-4-9(11)6-12/h8-10H,2-7,11H2,1H3/t8?,9-,10?/m1/s1. The summed E-state index contributed by atoms with van der Waals surface area (Å²) in [5, 5.41) is 0. The SMILES string of the molecule is CC1CCC(CN2CC[C@@H](N)C2)O1. The van der Waals surface area contributed by atoms with Crippen LogP contribution < -0.4 is 5.73 Å².